The Morgan fingerprint density at radius 3 is 2.56 bits per heavy atom. The van der Waals surface area contributed by atoms with Gasteiger partial charge < -0.3 is 19.3 Å². The van der Waals surface area contributed by atoms with Crippen molar-refractivity contribution < 1.29 is 38.1 Å². The van der Waals surface area contributed by atoms with Crippen molar-refractivity contribution in [3.05, 3.63) is 35.9 Å². The summed E-state index contributed by atoms with van der Waals surface area (Å²) >= 11 is 0. The van der Waals surface area contributed by atoms with Crippen LogP contribution in [0.1, 0.15) is 39.2 Å². The molecule has 3 aromatic rings. The number of nitriles is 1. The number of carboxylic acid groups (broad SMARTS) is 1. The summed E-state index contributed by atoms with van der Waals surface area (Å²) < 4.78 is 32.5. The number of amides is 3. The van der Waals surface area contributed by atoms with Gasteiger partial charge in [-0.05, 0) is 50.8 Å². The van der Waals surface area contributed by atoms with Crippen molar-refractivity contribution in [3.8, 4) is 23.1 Å². The number of halogens is 1. The highest BCUT2D eigenvalue weighted by Gasteiger charge is 2.33. The first-order valence-electron chi connectivity index (χ1n) is 13.5. The van der Waals surface area contributed by atoms with E-state index >= 15 is 4.39 Å². The Balaban J connectivity index is 1.57. The van der Waals surface area contributed by atoms with Crippen molar-refractivity contribution in [1.82, 2.24) is 9.97 Å². The minimum absolute atomic E-state index is 0.000916. The van der Waals surface area contributed by atoms with Crippen LogP contribution in [0.25, 0.3) is 21.9 Å². The molecule has 5 rings (SSSR count). The average Bonchev–Trinajstić information content (AvgIpc) is 2.91. The Labute approximate surface area is 245 Å². The van der Waals surface area contributed by atoms with Crippen LogP contribution in [-0.2, 0) is 9.47 Å². The molecule has 13 nitrogen and oxygen atoms in total. The van der Waals surface area contributed by atoms with Crippen molar-refractivity contribution in [2.24, 2.45) is 5.92 Å². The number of benzene rings is 1. The molecular weight excluding hydrogens is 563 g/mol. The smallest absolute Gasteiger partial charge is 0.413 e. The van der Waals surface area contributed by atoms with Crippen LogP contribution in [0, 0.1) is 30.0 Å². The van der Waals surface area contributed by atoms with Crippen molar-refractivity contribution in [2.75, 3.05) is 28.7 Å². The molecule has 1 fully saturated rings. The molecular formula is C29H29FN6O7. The second kappa shape index (κ2) is 11.2. The number of anilines is 3. The summed E-state index contributed by atoms with van der Waals surface area (Å²) in [6.07, 6.45) is 0.319. The number of pyridine rings is 2. The second-order valence-electron chi connectivity index (χ2n) is 11.2. The van der Waals surface area contributed by atoms with Crippen molar-refractivity contribution in [3.63, 3.8) is 0 Å². The zero-order valence-corrected chi connectivity index (χ0v) is 23.9. The maximum absolute atomic E-state index is 16.3. The Morgan fingerprint density at radius 2 is 1.88 bits per heavy atom. The Morgan fingerprint density at radius 1 is 1.14 bits per heavy atom. The van der Waals surface area contributed by atoms with Crippen molar-refractivity contribution in [1.29, 1.82) is 5.26 Å². The van der Waals surface area contributed by atoms with E-state index in [9.17, 15) is 19.5 Å². The topological polar surface area (TPSA) is 176 Å². The second-order valence-corrected chi connectivity index (χ2v) is 11.2. The zero-order valence-electron chi connectivity index (χ0n) is 23.9. The van der Waals surface area contributed by atoms with E-state index in [0.29, 0.717) is 23.8 Å². The molecule has 3 amide bonds. The molecule has 43 heavy (non-hydrogen) atoms. The molecule has 0 unspecified atom stereocenters. The lowest BCUT2D eigenvalue weighted by Crippen LogP contribution is -2.37. The highest BCUT2D eigenvalue weighted by atomic mass is 19.1. The predicted octanol–water partition coefficient (Wildman–Crippen LogP) is 5.82. The highest BCUT2D eigenvalue weighted by Crippen LogP contribution is 2.42. The summed E-state index contributed by atoms with van der Waals surface area (Å²) in [5.41, 5.74) is -0.267. The van der Waals surface area contributed by atoms with Gasteiger partial charge in [-0.25, -0.2) is 28.7 Å². The Kier molecular flexibility index (Phi) is 7.66. The molecule has 1 aromatic carbocycles. The van der Waals surface area contributed by atoms with Crippen LogP contribution < -0.4 is 20.3 Å². The lowest BCUT2D eigenvalue weighted by atomic mass is 9.84. The lowest BCUT2D eigenvalue weighted by molar-refractivity contribution is 0.0417. The Hall–Kier alpha value is -5.19. The van der Waals surface area contributed by atoms with Crippen LogP contribution in [-0.4, -0.2) is 58.2 Å². The van der Waals surface area contributed by atoms with Gasteiger partial charge in [-0.15, -0.1) is 0 Å². The molecule has 1 aliphatic carbocycles. The minimum atomic E-state index is -1.21. The number of ether oxygens (including phenoxy) is 3. The van der Waals surface area contributed by atoms with Gasteiger partial charge in [0.2, 0.25) is 5.88 Å². The summed E-state index contributed by atoms with van der Waals surface area (Å²) in [4.78, 5) is 46.6. The SMILES string of the molecule is Cc1c(-c2cc3cc(NC(=O)OC4CC(C#N)C4)ncc3c(NC(=O)OC(C)(C)C)c2F)cnc2c1N(C(=O)O)CCO2. The van der Waals surface area contributed by atoms with Gasteiger partial charge in [0, 0.05) is 41.7 Å². The van der Waals surface area contributed by atoms with E-state index in [1.807, 2.05) is 0 Å². The highest BCUT2D eigenvalue weighted by molar-refractivity contribution is 6.04. The van der Waals surface area contributed by atoms with Crippen molar-refractivity contribution >= 4 is 46.2 Å². The van der Waals surface area contributed by atoms with Gasteiger partial charge in [-0.3, -0.25) is 15.5 Å². The first-order valence-corrected chi connectivity index (χ1v) is 13.5. The molecule has 14 heteroatoms. The summed E-state index contributed by atoms with van der Waals surface area (Å²) in [5.74, 6) is -0.776. The third-order valence-corrected chi connectivity index (χ3v) is 6.99. The largest absolute Gasteiger partial charge is 0.474 e. The van der Waals surface area contributed by atoms with Gasteiger partial charge in [-0.1, -0.05) is 0 Å². The first-order chi connectivity index (χ1) is 20.3. The molecule has 0 saturated heterocycles. The molecule has 224 valence electrons. The molecule has 1 aliphatic heterocycles. The van der Waals surface area contributed by atoms with E-state index in [0.717, 1.165) is 4.90 Å². The number of hydrogen-bond donors (Lipinski definition) is 3. The quantitative estimate of drug-likeness (QED) is 0.335. The number of aromatic nitrogens is 2. The average molecular weight is 593 g/mol. The molecule has 1 saturated carbocycles. The van der Waals surface area contributed by atoms with E-state index in [-0.39, 0.29) is 64.8 Å². The van der Waals surface area contributed by atoms with Gasteiger partial charge in [0.1, 0.15) is 29.8 Å². The van der Waals surface area contributed by atoms with Crippen LogP contribution in [0.2, 0.25) is 0 Å². The number of fused-ring (bicyclic) bond motifs is 2. The van der Waals surface area contributed by atoms with Crippen LogP contribution in [0.4, 0.5) is 36.0 Å². The van der Waals surface area contributed by atoms with E-state index in [1.165, 1.54) is 24.5 Å². The van der Waals surface area contributed by atoms with Crippen LogP contribution in [0.15, 0.2) is 24.5 Å². The normalized spacial score (nSPS) is 17.5. The zero-order chi connectivity index (χ0) is 31.1. The summed E-state index contributed by atoms with van der Waals surface area (Å²) in [5, 5.41) is 24.3. The lowest BCUT2D eigenvalue weighted by Gasteiger charge is -2.29. The molecule has 0 spiro atoms. The van der Waals surface area contributed by atoms with E-state index in [4.69, 9.17) is 19.5 Å². The fraction of sp³-hybridized carbons (Fsp3) is 0.379. The van der Waals surface area contributed by atoms with Gasteiger partial charge in [0.15, 0.2) is 5.82 Å². The van der Waals surface area contributed by atoms with E-state index in [1.54, 1.807) is 27.7 Å². The summed E-state index contributed by atoms with van der Waals surface area (Å²) in [7, 11) is 0. The van der Waals surface area contributed by atoms with Crippen molar-refractivity contribution in [2.45, 2.75) is 52.2 Å². The molecule has 0 atom stereocenters. The van der Waals surface area contributed by atoms with Gasteiger partial charge >= 0.3 is 18.3 Å². The minimum Gasteiger partial charge on any atom is -0.474 e. The number of rotatable bonds is 4. The number of carbonyl (C=O) groups is 3. The third kappa shape index (κ3) is 6.06. The number of nitrogens with zero attached hydrogens (tertiary/aromatic N) is 4. The van der Waals surface area contributed by atoms with E-state index in [2.05, 4.69) is 26.7 Å². The van der Waals surface area contributed by atoms with Crippen LogP contribution in [0.3, 0.4) is 0 Å². The van der Waals surface area contributed by atoms with Gasteiger partial charge in [-0.2, -0.15) is 5.26 Å². The maximum Gasteiger partial charge on any atom is 0.413 e. The summed E-state index contributed by atoms with van der Waals surface area (Å²) in [6, 6.07) is 5.08. The number of hydrogen-bond acceptors (Lipinski definition) is 9. The number of carbonyl (C=O) groups excluding carboxylic acids is 2. The molecule has 3 N–H and O–H groups in total. The fourth-order valence-corrected chi connectivity index (χ4v) is 4.92. The molecule has 3 heterocycles. The summed E-state index contributed by atoms with van der Waals surface area (Å²) in [6.45, 7) is 6.80. The molecule has 2 aliphatic rings. The maximum atomic E-state index is 16.3. The first kappa shape index (κ1) is 29.3. The fourth-order valence-electron chi connectivity index (χ4n) is 4.92. The monoisotopic (exact) mass is 592 g/mol. The number of nitrogens with one attached hydrogen (secondary N) is 2. The van der Waals surface area contributed by atoms with Crippen LogP contribution >= 0.6 is 0 Å². The molecule has 2 aromatic heterocycles. The van der Waals surface area contributed by atoms with Crippen LogP contribution in [0.5, 0.6) is 5.88 Å². The third-order valence-electron chi connectivity index (χ3n) is 6.99. The standard InChI is InChI=1S/C29H29FN6O7/c1-14-19(12-33-25-24(14)36(28(39)40)5-6-41-25)18-9-16-10-21(34-26(37)42-17-7-15(8-17)11-31)32-13-20(16)23(22(18)30)35-27(38)43-29(2,3)4/h9-10,12-13,15,17H,5-8H2,1-4H3,(H,35,38)(H,39,40)(H,32,34,37). The molecule has 0 radical (unpaired) electrons. The van der Waals surface area contributed by atoms with E-state index < -0.39 is 29.7 Å². The van der Waals surface area contributed by atoms with Gasteiger partial charge in [0.05, 0.1) is 24.2 Å². The Bertz CT molecular complexity index is 1680. The predicted molar refractivity (Wildman–Crippen MR) is 153 cm³/mol. The van der Waals surface area contributed by atoms with Gasteiger partial charge in [0.25, 0.3) is 0 Å². The molecule has 0 bridgehead atoms.